The Morgan fingerprint density at radius 1 is 1.26 bits per heavy atom. The van der Waals surface area contributed by atoms with Crippen molar-refractivity contribution in [1.29, 1.82) is 0 Å². The third-order valence-electron chi connectivity index (χ3n) is 4.39. The highest BCUT2D eigenvalue weighted by atomic mass is 16.5. The fraction of sp³-hybridized carbons (Fsp3) is 0.529. The second kappa shape index (κ2) is 7.10. The summed E-state index contributed by atoms with van der Waals surface area (Å²) in [5.74, 6) is -0.269. The molecule has 1 saturated heterocycles. The highest BCUT2D eigenvalue weighted by Gasteiger charge is 2.27. The normalized spacial score (nSPS) is 18.1. The van der Waals surface area contributed by atoms with E-state index >= 15 is 0 Å². The van der Waals surface area contributed by atoms with Crippen molar-refractivity contribution in [3.8, 4) is 0 Å². The quantitative estimate of drug-likeness (QED) is 0.761. The van der Waals surface area contributed by atoms with Crippen LogP contribution in [0.25, 0.3) is 0 Å². The Morgan fingerprint density at radius 2 is 2.04 bits per heavy atom. The lowest BCUT2D eigenvalue weighted by molar-refractivity contribution is -0.117. The van der Waals surface area contributed by atoms with Crippen LogP contribution in [0.15, 0.2) is 18.2 Å². The molecule has 2 heterocycles. The van der Waals surface area contributed by atoms with E-state index < -0.39 is 0 Å². The zero-order chi connectivity index (χ0) is 16.2. The highest BCUT2D eigenvalue weighted by molar-refractivity contribution is 6.02. The maximum atomic E-state index is 12.2. The lowest BCUT2D eigenvalue weighted by Gasteiger charge is -2.27. The van der Waals surface area contributed by atoms with Gasteiger partial charge in [0.1, 0.15) is 0 Å². The highest BCUT2D eigenvalue weighted by Crippen LogP contribution is 2.30. The molecular formula is C17H22N2O4. The van der Waals surface area contributed by atoms with Gasteiger partial charge in [0.25, 0.3) is 0 Å². The van der Waals surface area contributed by atoms with Gasteiger partial charge in [-0.1, -0.05) is 0 Å². The Morgan fingerprint density at radius 3 is 2.78 bits per heavy atom. The summed E-state index contributed by atoms with van der Waals surface area (Å²) < 4.78 is 10.1. The van der Waals surface area contributed by atoms with E-state index in [1.54, 1.807) is 12.1 Å². The van der Waals surface area contributed by atoms with E-state index in [1.807, 2.05) is 11.0 Å². The van der Waals surface area contributed by atoms with Gasteiger partial charge in [-0.05, 0) is 30.2 Å². The number of methoxy groups -OCH3 is 1. The first kappa shape index (κ1) is 16.0. The predicted molar refractivity (Wildman–Crippen MR) is 85.7 cm³/mol. The summed E-state index contributed by atoms with van der Waals surface area (Å²) in [5.41, 5.74) is 2.32. The van der Waals surface area contributed by atoms with Crippen LogP contribution < -0.4 is 4.90 Å². The number of amides is 1. The number of carbonyl (C=O) groups is 2. The zero-order valence-corrected chi connectivity index (χ0v) is 13.4. The number of nitrogens with zero attached hydrogens (tertiary/aromatic N) is 2. The summed E-state index contributed by atoms with van der Waals surface area (Å²) in [6, 6.07) is 5.33. The van der Waals surface area contributed by atoms with E-state index in [4.69, 9.17) is 9.47 Å². The molecule has 0 saturated carbocycles. The number of anilines is 1. The van der Waals surface area contributed by atoms with Crippen LogP contribution in [0, 0.1) is 0 Å². The summed E-state index contributed by atoms with van der Waals surface area (Å²) in [7, 11) is 1.36. The number of morpholine rings is 1. The number of hydrogen-bond donors (Lipinski definition) is 0. The van der Waals surface area contributed by atoms with Gasteiger partial charge in [-0.2, -0.15) is 0 Å². The summed E-state index contributed by atoms with van der Waals surface area (Å²) >= 11 is 0. The average molecular weight is 318 g/mol. The molecule has 1 amide bonds. The van der Waals surface area contributed by atoms with Crippen LogP contribution in [-0.4, -0.2) is 63.3 Å². The molecule has 0 aliphatic carbocycles. The van der Waals surface area contributed by atoms with E-state index in [9.17, 15) is 9.59 Å². The van der Waals surface area contributed by atoms with Gasteiger partial charge in [0.2, 0.25) is 5.91 Å². The standard InChI is InChI=1S/C17H22N2O4/c1-22-17(21)13-3-4-15-14(11-13)12-16(20)19(15)6-2-5-18-7-9-23-10-8-18/h3-4,11H,2,5-10,12H2,1H3. The summed E-state index contributed by atoms with van der Waals surface area (Å²) in [6.45, 7) is 5.20. The Hall–Kier alpha value is -1.92. The average Bonchev–Trinajstić information content (AvgIpc) is 2.90. The molecule has 1 fully saturated rings. The lowest BCUT2D eigenvalue weighted by atomic mass is 10.1. The van der Waals surface area contributed by atoms with E-state index in [1.165, 1.54) is 7.11 Å². The van der Waals surface area contributed by atoms with Crippen LogP contribution in [0.1, 0.15) is 22.3 Å². The molecule has 0 spiro atoms. The minimum Gasteiger partial charge on any atom is -0.465 e. The van der Waals surface area contributed by atoms with E-state index in [0.717, 1.165) is 50.5 Å². The van der Waals surface area contributed by atoms with Crippen molar-refractivity contribution < 1.29 is 19.1 Å². The van der Waals surface area contributed by atoms with Crippen LogP contribution in [0.4, 0.5) is 5.69 Å². The van der Waals surface area contributed by atoms with Gasteiger partial charge in [0, 0.05) is 31.9 Å². The van der Waals surface area contributed by atoms with Crippen LogP contribution in [0.5, 0.6) is 0 Å². The van der Waals surface area contributed by atoms with Crippen LogP contribution in [0.3, 0.4) is 0 Å². The fourth-order valence-corrected chi connectivity index (χ4v) is 3.15. The van der Waals surface area contributed by atoms with Gasteiger partial charge in [-0.25, -0.2) is 4.79 Å². The molecule has 0 unspecified atom stereocenters. The molecule has 0 aromatic heterocycles. The van der Waals surface area contributed by atoms with Crippen molar-refractivity contribution in [2.24, 2.45) is 0 Å². The number of carbonyl (C=O) groups excluding carboxylic acids is 2. The van der Waals surface area contributed by atoms with Gasteiger partial charge in [0.15, 0.2) is 0 Å². The molecule has 23 heavy (non-hydrogen) atoms. The third-order valence-corrected chi connectivity index (χ3v) is 4.39. The van der Waals surface area contributed by atoms with Crippen molar-refractivity contribution in [3.63, 3.8) is 0 Å². The van der Waals surface area contributed by atoms with Crippen molar-refractivity contribution >= 4 is 17.6 Å². The number of esters is 1. The number of rotatable bonds is 5. The van der Waals surface area contributed by atoms with Gasteiger partial charge in [0.05, 0.1) is 32.3 Å². The first-order chi connectivity index (χ1) is 11.2. The maximum Gasteiger partial charge on any atom is 0.337 e. The number of hydrogen-bond acceptors (Lipinski definition) is 5. The molecule has 124 valence electrons. The van der Waals surface area contributed by atoms with Crippen LogP contribution >= 0.6 is 0 Å². The second-order valence-corrected chi connectivity index (χ2v) is 5.86. The van der Waals surface area contributed by atoms with Crippen molar-refractivity contribution in [2.75, 3.05) is 51.4 Å². The minimum atomic E-state index is -0.369. The largest absolute Gasteiger partial charge is 0.465 e. The maximum absolute atomic E-state index is 12.2. The molecular weight excluding hydrogens is 296 g/mol. The summed E-state index contributed by atoms with van der Waals surface area (Å²) in [5, 5.41) is 0. The van der Waals surface area contributed by atoms with Crippen LogP contribution in [0.2, 0.25) is 0 Å². The predicted octanol–water partition coefficient (Wildman–Crippen LogP) is 1.08. The number of ether oxygens (including phenoxy) is 2. The zero-order valence-electron chi connectivity index (χ0n) is 13.4. The van der Waals surface area contributed by atoms with Gasteiger partial charge < -0.3 is 14.4 Å². The molecule has 3 rings (SSSR count). The Kier molecular flexibility index (Phi) is 4.93. The third kappa shape index (κ3) is 3.54. The molecule has 0 bridgehead atoms. The molecule has 2 aliphatic heterocycles. The molecule has 0 N–H and O–H groups in total. The Labute approximate surface area is 136 Å². The number of fused-ring (bicyclic) bond motifs is 1. The first-order valence-corrected chi connectivity index (χ1v) is 8.01. The second-order valence-electron chi connectivity index (χ2n) is 5.86. The smallest absolute Gasteiger partial charge is 0.337 e. The topological polar surface area (TPSA) is 59.1 Å². The van der Waals surface area contributed by atoms with Gasteiger partial charge >= 0.3 is 5.97 Å². The van der Waals surface area contributed by atoms with E-state index in [-0.39, 0.29) is 11.9 Å². The first-order valence-electron chi connectivity index (χ1n) is 8.01. The Balaban J connectivity index is 1.61. The molecule has 2 aliphatic rings. The summed E-state index contributed by atoms with van der Waals surface area (Å²) in [6.07, 6.45) is 1.29. The molecule has 6 heteroatoms. The van der Waals surface area contributed by atoms with E-state index in [2.05, 4.69) is 4.90 Å². The molecule has 1 aromatic carbocycles. The Bertz CT molecular complexity index is 596. The lowest BCUT2D eigenvalue weighted by Crippen LogP contribution is -2.38. The number of benzene rings is 1. The van der Waals surface area contributed by atoms with Gasteiger partial charge in [-0.3, -0.25) is 9.69 Å². The molecule has 1 aromatic rings. The molecule has 0 atom stereocenters. The molecule has 0 radical (unpaired) electrons. The van der Waals surface area contributed by atoms with E-state index in [0.29, 0.717) is 18.5 Å². The van der Waals surface area contributed by atoms with Crippen LogP contribution in [-0.2, 0) is 20.7 Å². The summed E-state index contributed by atoms with van der Waals surface area (Å²) in [4.78, 5) is 28.0. The molecule has 6 nitrogen and oxygen atoms in total. The monoisotopic (exact) mass is 318 g/mol. The van der Waals surface area contributed by atoms with Crippen molar-refractivity contribution in [1.82, 2.24) is 4.90 Å². The minimum absolute atomic E-state index is 0.101. The SMILES string of the molecule is COC(=O)c1ccc2c(c1)CC(=O)N2CCCN1CCOCC1. The van der Waals surface area contributed by atoms with Crippen molar-refractivity contribution in [3.05, 3.63) is 29.3 Å². The fourth-order valence-electron chi connectivity index (χ4n) is 3.15. The van der Waals surface area contributed by atoms with Gasteiger partial charge in [-0.15, -0.1) is 0 Å². The van der Waals surface area contributed by atoms with Crippen molar-refractivity contribution in [2.45, 2.75) is 12.8 Å².